The number of hydrogen-bond donors (Lipinski definition) is 4. The Labute approximate surface area is 172 Å². The Bertz CT molecular complexity index is 1070. The third kappa shape index (κ3) is 4.96. The number of fused-ring (bicyclic) bond motifs is 1. The van der Waals surface area contributed by atoms with E-state index in [1.165, 1.54) is 0 Å². The molecule has 0 radical (unpaired) electrons. The van der Waals surface area contributed by atoms with Crippen LogP contribution in [-0.2, 0) is 17.6 Å². The Morgan fingerprint density at radius 1 is 1.10 bits per heavy atom. The molecule has 0 saturated heterocycles. The molecule has 1 atom stereocenters. The van der Waals surface area contributed by atoms with E-state index in [1.54, 1.807) is 18.3 Å². The summed E-state index contributed by atoms with van der Waals surface area (Å²) in [5.41, 5.74) is 14.3. The third-order valence-electron chi connectivity index (χ3n) is 4.57. The molecule has 1 unspecified atom stereocenters. The van der Waals surface area contributed by atoms with Crippen LogP contribution in [0.2, 0.25) is 0 Å². The summed E-state index contributed by atoms with van der Waals surface area (Å²) in [6.45, 7) is 1.87. The first-order valence-electron chi connectivity index (χ1n) is 9.54. The Morgan fingerprint density at radius 3 is 2.50 bits per heavy atom. The molecule has 156 valence electrons. The van der Waals surface area contributed by atoms with E-state index in [2.05, 4.69) is 25.3 Å². The van der Waals surface area contributed by atoms with Crippen molar-refractivity contribution in [3.63, 3.8) is 0 Å². The van der Waals surface area contributed by atoms with Gasteiger partial charge in [0.1, 0.15) is 6.04 Å². The van der Waals surface area contributed by atoms with Crippen LogP contribution >= 0.6 is 0 Å². The van der Waals surface area contributed by atoms with Gasteiger partial charge in [-0.3, -0.25) is 4.79 Å². The number of carbonyl (C=O) groups is 2. The largest absolute Gasteiger partial charge is 0.480 e. The summed E-state index contributed by atoms with van der Waals surface area (Å²) in [7, 11) is 0. The number of benzene rings is 1. The Kier molecular flexibility index (Phi) is 6.35. The lowest BCUT2D eigenvalue weighted by Gasteiger charge is -2.13. The van der Waals surface area contributed by atoms with Crippen molar-refractivity contribution in [1.82, 2.24) is 25.3 Å². The lowest BCUT2D eigenvalue weighted by atomic mass is 10.1. The molecular formula is C20H23N7O3. The minimum absolute atomic E-state index is 0.0514. The summed E-state index contributed by atoms with van der Waals surface area (Å²) in [6.07, 6.45) is 3.95. The second-order valence-electron chi connectivity index (χ2n) is 6.85. The van der Waals surface area contributed by atoms with Gasteiger partial charge in [-0.15, -0.1) is 0 Å². The second kappa shape index (κ2) is 9.12. The number of aromatic nitrogens is 4. The minimum atomic E-state index is -1.04. The topological polar surface area (TPSA) is 170 Å². The molecule has 3 rings (SSSR count). The number of anilines is 2. The van der Waals surface area contributed by atoms with E-state index in [-0.39, 0.29) is 11.8 Å². The molecule has 0 fully saturated rings. The van der Waals surface area contributed by atoms with Crippen LogP contribution in [0.25, 0.3) is 11.2 Å². The van der Waals surface area contributed by atoms with Crippen LogP contribution in [0.3, 0.4) is 0 Å². The van der Waals surface area contributed by atoms with E-state index < -0.39 is 17.9 Å². The molecule has 0 aliphatic rings. The van der Waals surface area contributed by atoms with Crippen LogP contribution in [-0.4, -0.2) is 43.0 Å². The first-order chi connectivity index (χ1) is 14.4. The Balaban J connectivity index is 1.64. The van der Waals surface area contributed by atoms with Crippen LogP contribution in [0.15, 0.2) is 30.5 Å². The van der Waals surface area contributed by atoms with Crippen molar-refractivity contribution >= 4 is 34.8 Å². The lowest BCUT2D eigenvalue weighted by molar-refractivity contribution is -0.139. The highest BCUT2D eigenvalue weighted by Crippen LogP contribution is 2.16. The lowest BCUT2D eigenvalue weighted by Crippen LogP contribution is -2.40. The highest BCUT2D eigenvalue weighted by atomic mass is 16.4. The predicted octanol–water partition coefficient (Wildman–Crippen LogP) is 1.35. The summed E-state index contributed by atoms with van der Waals surface area (Å²) in [6, 6.07) is 6.13. The van der Waals surface area contributed by atoms with Crippen molar-refractivity contribution in [1.29, 1.82) is 0 Å². The smallest absolute Gasteiger partial charge is 0.326 e. The van der Waals surface area contributed by atoms with Gasteiger partial charge >= 0.3 is 5.97 Å². The zero-order valence-corrected chi connectivity index (χ0v) is 16.5. The van der Waals surface area contributed by atoms with Crippen molar-refractivity contribution in [2.24, 2.45) is 0 Å². The molecule has 1 aromatic carbocycles. The molecule has 3 aromatic rings. The molecule has 0 saturated carbocycles. The van der Waals surface area contributed by atoms with Gasteiger partial charge in [0, 0.05) is 5.56 Å². The van der Waals surface area contributed by atoms with Crippen LogP contribution < -0.4 is 16.8 Å². The van der Waals surface area contributed by atoms with Gasteiger partial charge in [-0.1, -0.05) is 25.5 Å². The first-order valence-corrected chi connectivity index (χ1v) is 9.54. The molecule has 0 aliphatic carbocycles. The van der Waals surface area contributed by atoms with Crippen molar-refractivity contribution in [2.45, 2.75) is 38.6 Å². The molecule has 0 aliphatic heterocycles. The SMILES string of the molecule is CCCC(NC(=O)c1ccc(CCc2cnc3nc(N)nc(N)c3n2)cc1)C(=O)O. The number of nitrogens with zero attached hydrogens (tertiary/aromatic N) is 4. The molecule has 30 heavy (non-hydrogen) atoms. The van der Waals surface area contributed by atoms with E-state index in [0.717, 1.165) is 11.3 Å². The Hall–Kier alpha value is -3.82. The van der Waals surface area contributed by atoms with Gasteiger partial charge in [0.25, 0.3) is 5.91 Å². The van der Waals surface area contributed by atoms with Gasteiger partial charge in [-0.2, -0.15) is 9.97 Å². The van der Waals surface area contributed by atoms with E-state index in [0.29, 0.717) is 42.4 Å². The zero-order chi connectivity index (χ0) is 21.7. The molecule has 0 spiro atoms. The number of carbonyl (C=O) groups excluding carboxylic acids is 1. The number of nitrogens with two attached hydrogens (primary N) is 2. The molecule has 0 bridgehead atoms. The van der Waals surface area contributed by atoms with Crippen molar-refractivity contribution in [3.8, 4) is 0 Å². The van der Waals surface area contributed by atoms with E-state index in [9.17, 15) is 14.7 Å². The van der Waals surface area contributed by atoms with Crippen LogP contribution in [0.4, 0.5) is 11.8 Å². The van der Waals surface area contributed by atoms with Gasteiger partial charge in [-0.25, -0.2) is 14.8 Å². The van der Waals surface area contributed by atoms with Crippen LogP contribution in [0.1, 0.15) is 41.4 Å². The molecule has 6 N–H and O–H groups in total. The number of amides is 1. The fraction of sp³-hybridized carbons (Fsp3) is 0.300. The number of nitrogen functional groups attached to an aromatic ring is 2. The van der Waals surface area contributed by atoms with E-state index in [1.807, 2.05) is 19.1 Å². The van der Waals surface area contributed by atoms with Crippen LogP contribution in [0.5, 0.6) is 0 Å². The quantitative estimate of drug-likeness (QED) is 0.429. The van der Waals surface area contributed by atoms with Gasteiger partial charge in [0.05, 0.1) is 11.9 Å². The monoisotopic (exact) mass is 409 g/mol. The zero-order valence-electron chi connectivity index (χ0n) is 16.5. The highest BCUT2D eigenvalue weighted by Gasteiger charge is 2.19. The number of nitrogens with one attached hydrogen (secondary N) is 1. The summed E-state index contributed by atoms with van der Waals surface area (Å²) in [4.78, 5) is 40.1. The minimum Gasteiger partial charge on any atom is -0.480 e. The number of rotatable bonds is 8. The summed E-state index contributed by atoms with van der Waals surface area (Å²) < 4.78 is 0. The second-order valence-corrected chi connectivity index (χ2v) is 6.85. The summed E-state index contributed by atoms with van der Waals surface area (Å²) in [5.74, 6) is -1.20. The molecular weight excluding hydrogens is 386 g/mol. The number of aliphatic carboxylic acids is 1. The summed E-state index contributed by atoms with van der Waals surface area (Å²) in [5, 5.41) is 11.7. The van der Waals surface area contributed by atoms with Gasteiger partial charge < -0.3 is 21.9 Å². The van der Waals surface area contributed by atoms with Crippen LogP contribution in [0, 0.1) is 0 Å². The van der Waals surface area contributed by atoms with Crippen molar-refractivity contribution < 1.29 is 14.7 Å². The van der Waals surface area contributed by atoms with E-state index in [4.69, 9.17) is 11.5 Å². The molecule has 10 heteroatoms. The first kappa shape index (κ1) is 20.9. The molecule has 2 heterocycles. The average molecular weight is 409 g/mol. The predicted molar refractivity (Wildman–Crippen MR) is 112 cm³/mol. The average Bonchev–Trinajstić information content (AvgIpc) is 2.72. The number of aryl methyl sites for hydroxylation is 2. The fourth-order valence-electron chi connectivity index (χ4n) is 2.99. The summed E-state index contributed by atoms with van der Waals surface area (Å²) >= 11 is 0. The maximum atomic E-state index is 12.3. The maximum Gasteiger partial charge on any atom is 0.326 e. The van der Waals surface area contributed by atoms with Gasteiger partial charge in [-0.05, 0) is 37.0 Å². The number of carboxylic acids is 1. The number of hydrogen-bond acceptors (Lipinski definition) is 8. The standard InChI is InChI=1S/C20H23N7O3/c1-2-3-14(19(29)30)25-18(28)12-7-4-11(5-8-12)6-9-13-10-23-17-15(24-13)16(21)26-20(22)27-17/h4-5,7-8,10,14H,2-3,6,9H2,1H3,(H,25,28)(H,29,30)(H4,21,22,23,26,27). The highest BCUT2D eigenvalue weighted by molar-refractivity contribution is 5.96. The third-order valence-corrected chi connectivity index (χ3v) is 4.57. The fourth-order valence-corrected chi connectivity index (χ4v) is 2.99. The van der Waals surface area contributed by atoms with E-state index >= 15 is 0 Å². The van der Waals surface area contributed by atoms with Gasteiger partial charge in [0.2, 0.25) is 5.95 Å². The number of carboxylic acid groups (broad SMARTS) is 1. The molecule has 10 nitrogen and oxygen atoms in total. The van der Waals surface area contributed by atoms with Gasteiger partial charge in [0.15, 0.2) is 17.0 Å². The molecule has 2 aromatic heterocycles. The van der Waals surface area contributed by atoms with Crippen molar-refractivity contribution in [3.05, 3.63) is 47.3 Å². The Morgan fingerprint density at radius 2 is 1.83 bits per heavy atom. The van der Waals surface area contributed by atoms with Crippen molar-refractivity contribution in [2.75, 3.05) is 11.5 Å². The molecule has 1 amide bonds. The maximum absolute atomic E-state index is 12.3. The normalized spacial score (nSPS) is 11.9.